The molecule has 0 saturated carbocycles. The topological polar surface area (TPSA) is 0 Å². The maximum atomic E-state index is 3.41. The highest BCUT2D eigenvalue weighted by Gasteiger charge is 2.14. The van der Waals surface area contributed by atoms with Crippen molar-refractivity contribution in [3.8, 4) is 45.9 Å². The maximum absolute atomic E-state index is 3.41. The molecule has 4 aromatic carbocycles. The Balaban J connectivity index is 0.000000204. The van der Waals surface area contributed by atoms with Crippen molar-refractivity contribution in [1.82, 2.24) is 0 Å². The van der Waals surface area contributed by atoms with Crippen molar-refractivity contribution in [1.29, 1.82) is 0 Å². The summed E-state index contributed by atoms with van der Waals surface area (Å²) in [5, 5.41) is 0. The van der Waals surface area contributed by atoms with E-state index in [0.29, 0.717) is 0 Å². The molecule has 0 aromatic heterocycles. The van der Waals surface area contributed by atoms with Crippen LogP contribution in [0.1, 0.15) is 133 Å². The molecule has 274 valence electrons. The minimum Gasteiger partial charge on any atom is -0.0726 e. The molecule has 0 radical (unpaired) electrons. The van der Waals surface area contributed by atoms with Gasteiger partial charge >= 0.3 is 0 Å². The van der Waals surface area contributed by atoms with Crippen molar-refractivity contribution < 1.29 is 0 Å². The molecule has 0 amide bonds. The second kappa shape index (κ2) is 21.9. The van der Waals surface area contributed by atoms with Crippen molar-refractivity contribution in [3.05, 3.63) is 143 Å². The first kappa shape index (κ1) is 39.7. The second-order valence-corrected chi connectivity index (χ2v) is 15.1. The number of hydrogen-bond donors (Lipinski definition) is 0. The van der Waals surface area contributed by atoms with Gasteiger partial charge in [0.15, 0.2) is 0 Å². The molecule has 0 N–H and O–H groups in total. The van der Waals surface area contributed by atoms with Gasteiger partial charge in [-0.05, 0) is 132 Å². The number of rotatable bonds is 11. The number of aryl methyl sites for hydroxylation is 2. The van der Waals surface area contributed by atoms with Crippen LogP contribution in [0.3, 0.4) is 0 Å². The highest BCUT2D eigenvalue weighted by Crippen LogP contribution is 2.29. The lowest BCUT2D eigenvalue weighted by Gasteiger charge is -2.19. The zero-order valence-electron chi connectivity index (χ0n) is 33.2. The molecule has 6 rings (SSSR count). The second-order valence-electron chi connectivity index (χ2n) is 15.1. The third-order valence-electron chi connectivity index (χ3n) is 11.1. The van der Waals surface area contributed by atoms with Crippen LogP contribution in [-0.4, -0.2) is 0 Å². The first-order chi connectivity index (χ1) is 26.1. The van der Waals surface area contributed by atoms with Gasteiger partial charge in [-0.3, -0.25) is 0 Å². The normalized spacial score (nSPS) is 16.5. The molecule has 2 aliphatic carbocycles. The minimum atomic E-state index is 0.888. The van der Waals surface area contributed by atoms with Gasteiger partial charge in [-0.25, -0.2) is 0 Å². The van der Waals surface area contributed by atoms with E-state index in [-0.39, 0.29) is 0 Å². The van der Waals surface area contributed by atoms with Crippen LogP contribution in [0.2, 0.25) is 0 Å². The van der Waals surface area contributed by atoms with Crippen molar-refractivity contribution in [2.75, 3.05) is 0 Å². The SMILES string of the molecule is CCCCC1CC=C(C#Cc2ccc(-c3ccc(CC)cc3)cc2)CC1.CCCCCC1CC=C(C#Cc2ccc(-c3ccc(CC)cc3)cc2)CC1. The smallest absolute Gasteiger partial charge is 0.0249 e. The monoisotopic (exact) mass is 698 g/mol. The van der Waals surface area contributed by atoms with E-state index in [1.807, 2.05) is 0 Å². The van der Waals surface area contributed by atoms with Gasteiger partial charge in [0.05, 0.1) is 0 Å². The van der Waals surface area contributed by atoms with E-state index in [1.165, 1.54) is 115 Å². The van der Waals surface area contributed by atoms with Gasteiger partial charge < -0.3 is 0 Å². The summed E-state index contributed by atoms with van der Waals surface area (Å²) < 4.78 is 0. The number of hydrogen-bond acceptors (Lipinski definition) is 0. The number of unbranched alkanes of at least 4 members (excludes halogenated alkanes) is 3. The number of allylic oxidation sites excluding steroid dienone is 4. The average molecular weight is 699 g/mol. The number of benzene rings is 4. The molecular formula is C53H62. The fourth-order valence-corrected chi connectivity index (χ4v) is 7.37. The van der Waals surface area contributed by atoms with E-state index in [2.05, 4.69) is 161 Å². The van der Waals surface area contributed by atoms with Crippen LogP contribution in [0.4, 0.5) is 0 Å². The molecule has 0 heterocycles. The fraction of sp³-hybridized carbons (Fsp3) is 0.396. The summed E-state index contributed by atoms with van der Waals surface area (Å²) in [6.45, 7) is 8.94. The quantitative estimate of drug-likeness (QED) is 0.108. The summed E-state index contributed by atoms with van der Waals surface area (Å²) in [5.74, 6) is 15.3. The van der Waals surface area contributed by atoms with E-state index in [9.17, 15) is 0 Å². The Morgan fingerprint density at radius 2 is 0.811 bits per heavy atom. The Labute approximate surface area is 323 Å². The standard InChI is InChI=1S/C27H32.C26H30/c1-3-5-6-7-23-8-10-24(11-9-23)12-13-25-16-20-27(21-17-25)26-18-14-22(4-2)15-19-26;1-3-5-6-22-7-9-23(10-8-22)11-12-24-15-19-26(20-16-24)25-17-13-21(4-2)14-18-25/h10,14-21,23H,3-9,11H2,1-2H3;9,13-20,22H,3-8,10H2,1-2H3. The molecule has 0 fully saturated rings. The molecule has 2 atom stereocenters. The Bertz CT molecular complexity index is 1860. The molecular weight excluding hydrogens is 637 g/mol. The highest BCUT2D eigenvalue weighted by molar-refractivity contribution is 5.66. The first-order valence-corrected chi connectivity index (χ1v) is 20.9. The third kappa shape index (κ3) is 13.1. The average Bonchev–Trinajstić information content (AvgIpc) is 3.23. The van der Waals surface area contributed by atoms with Gasteiger partial charge in [-0.2, -0.15) is 0 Å². The molecule has 0 saturated heterocycles. The fourth-order valence-electron chi connectivity index (χ4n) is 7.37. The summed E-state index contributed by atoms with van der Waals surface area (Å²) >= 11 is 0. The van der Waals surface area contributed by atoms with Crippen LogP contribution in [-0.2, 0) is 12.8 Å². The summed E-state index contributed by atoms with van der Waals surface area (Å²) in [5.41, 5.74) is 12.7. The molecule has 2 unspecified atom stereocenters. The Hall–Kier alpha value is -4.52. The first-order valence-electron chi connectivity index (χ1n) is 20.9. The zero-order valence-corrected chi connectivity index (χ0v) is 33.2. The minimum absolute atomic E-state index is 0.888. The molecule has 0 aliphatic heterocycles. The molecule has 0 spiro atoms. The van der Waals surface area contributed by atoms with Gasteiger partial charge in [0.2, 0.25) is 0 Å². The molecule has 4 aromatic rings. The summed E-state index contributed by atoms with van der Waals surface area (Å²) in [4.78, 5) is 0. The van der Waals surface area contributed by atoms with Gasteiger partial charge in [-0.15, -0.1) is 0 Å². The van der Waals surface area contributed by atoms with Crippen LogP contribution >= 0.6 is 0 Å². The molecule has 2 aliphatic rings. The lowest BCUT2D eigenvalue weighted by Crippen LogP contribution is -2.05. The zero-order chi connectivity index (χ0) is 37.1. The van der Waals surface area contributed by atoms with E-state index < -0.39 is 0 Å². The molecule has 53 heavy (non-hydrogen) atoms. The summed E-state index contributed by atoms with van der Waals surface area (Å²) in [6, 6.07) is 35.0. The van der Waals surface area contributed by atoms with E-state index in [1.54, 1.807) is 0 Å². The largest absolute Gasteiger partial charge is 0.0726 e. The predicted molar refractivity (Wildman–Crippen MR) is 231 cm³/mol. The van der Waals surface area contributed by atoms with Crippen LogP contribution in [0, 0.1) is 35.5 Å². The highest BCUT2D eigenvalue weighted by atomic mass is 14.2. The van der Waals surface area contributed by atoms with Crippen LogP contribution in [0.5, 0.6) is 0 Å². The lowest BCUT2D eigenvalue weighted by molar-refractivity contribution is 0.420. The maximum Gasteiger partial charge on any atom is 0.0249 e. The van der Waals surface area contributed by atoms with Crippen molar-refractivity contribution in [2.45, 2.75) is 124 Å². The van der Waals surface area contributed by atoms with E-state index in [0.717, 1.165) is 48.6 Å². The van der Waals surface area contributed by atoms with Gasteiger partial charge in [0.1, 0.15) is 0 Å². The van der Waals surface area contributed by atoms with Crippen LogP contribution in [0.25, 0.3) is 22.3 Å². The van der Waals surface area contributed by atoms with Crippen molar-refractivity contribution in [3.63, 3.8) is 0 Å². The van der Waals surface area contributed by atoms with Crippen LogP contribution < -0.4 is 0 Å². The lowest BCUT2D eigenvalue weighted by atomic mass is 9.86. The van der Waals surface area contributed by atoms with E-state index in [4.69, 9.17) is 0 Å². The molecule has 0 heteroatoms. The molecule has 0 nitrogen and oxygen atoms in total. The Morgan fingerprint density at radius 1 is 0.434 bits per heavy atom. The van der Waals surface area contributed by atoms with Gasteiger partial charge in [-0.1, -0.05) is 181 Å². The van der Waals surface area contributed by atoms with Crippen molar-refractivity contribution in [2.24, 2.45) is 11.8 Å². The van der Waals surface area contributed by atoms with Gasteiger partial charge in [0.25, 0.3) is 0 Å². The predicted octanol–water partition coefficient (Wildman–Crippen LogP) is 14.8. The van der Waals surface area contributed by atoms with E-state index >= 15 is 0 Å². The third-order valence-corrected chi connectivity index (χ3v) is 11.1. The van der Waals surface area contributed by atoms with Gasteiger partial charge in [0, 0.05) is 11.1 Å². The summed E-state index contributed by atoms with van der Waals surface area (Å²) in [7, 11) is 0. The van der Waals surface area contributed by atoms with Crippen LogP contribution in [0.15, 0.2) is 120 Å². The molecule has 0 bridgehead atoms. The Kier molecular flexibility index (Phi) is 16.4. The summed E-state index contributed by atoms with van der Waals surface area (Å²) in [6.07, 6.45) is 23.9. The van der Waals surface area contributed by atoms with Crippen molar-refractivity contribution >= 4 is 0 Å². The Morgan fingerprint density at radius 3 is 1.15 bits per heavy atom.